The molecule has 0 atom stereocenters. The van der Waals surface area contributed by atoms with Gasteiger partial charge in [0, 0.05) is 10.9 Å². The van der Waals surface area contributed by atoms with Crippen LogP contribution >= 0.6 is 11.6 Å². The first-order valence-electron chi connectivity index (χ1n) is 6.71. The first-order chi connectivity index (χ1) is 10.0. The Bertz CT molecular complexity index is 736. The molecular formula is C15H15ClN4O. The highest BCUT2D eigenvalue weighted by Gasteiger charge is 2.21. The highest BCUT2D eigenvalue weighted by molar-refractivity contribution is 6.30. The summed E-state index contributed by atoms with van der Waals surface area (Å²) >= 11 is 5.89. The van der Waals surface area contributed by atoms with Crippen LogP contribution in [0.5, 0.6) is 5.88 Å². The van der Waals surface area contributed by atoms with Gasteiger partial charge in [-0.3, -0.25) is 0 Å². The molecule has 0 bridgehead atoms. The van der Waals surface area contributed by atoms with E-state index in [1.54, 1.807) is 6.33 Å². The van der Waals surface area contributed by atoms with Gasteiger partial charge in [0.05, 0.1) is 6.54 Å². The maximum atomic E-state index is 9.85. The van der Waals surface area contributed by atoms with Gasteiger partial charge in [0.2, 0.25) is 5.88 Å². The molecule has 0 saturated heterocycles. The standard InChI is InChI=1S/C15H15ClN4O/c1-9(2)13-18-12-14(19-13)20(8-17-15(12)21)7-10-3-5-11(16)6-4-10/h3-6,8-9,21H,7H2,1-2H3. The van der Waals surface area contributed by atoms with Gasteiger partial charge in [-0.15, -0.1) is 0 Å². The zero-order valence-electron chi connectivity index (χ0n) is 11.8. The number of halogens is 1. The van der Waals surface area contributed by atoms with E-state index in [1.807, 2.05) is 42.7 Å². The smallest absolute Gasteiger partial charge is 0.242 e. The SMILES string of the molecule is CC(C)c1nc2c(O)ncn(Cc3ccc(Cl)cc3)c-2n1. The van der Waals surface area contributed by atoms with Gasteiger partial charge in [-0.25, -0.2) is 15.0 Å². The van der Waals surface area contributed by atoms with Gasteiger partial charge >= 0.3 is 0 Å². The van der Waals surface area contributed by atoms with Crippen LogP contribution in [0.2, 0.25) is 5.02 Å². The van der Waals surface area contributed by atoms with Gasteiger partial charge in [0.15, 0.2) is 11.5 Å². The van der Waals surface area contributed by atoms with E-state index in [0.717, 1.165) is 5.56 Å². The predicted octanol–water partition coefficient (Wildman–Crippen LogP) is 3.31. The summed E-state index contributed by atoms with van der Waals surface area (Å²) in [6.07, 6.45) is 1.57. The molecule has 0 aliphatic carbocycles. The number of benzene rings is 1. The molecule has 0 saturated carbocycles. The third kappa shape index (κ3) is 2.69. The van der Waals surface area contributed by atoms with Crippen molar-refractivity contribution in [3.8, 4) is 17.4 Å². The van der Waals surface area contributed by atoms with Crippen molar-refractivity contribution in [3.05, 3.63) is 47.0 Å². The van der Waals surface area contributed by atoms with Crippen molar-refractivity contribution >= 4 is 11.6 Å². The molecule has 2 aliphatic rings. The highest BCUT2D eigenvalue weighted by Crippen LogP contribution is 2.29. The molecule has 2 aliphatic heterocycles. The van der Waals surface area contributed by atoms with Crippen molar-refractivity contribution in [3.63, 3.8) is 0 Å². The summed E-state index contributed by atoms with van der Waals surface area (Å²) < 4.78 is 1.87. The summed E-state index contributed by atoms with van der Waals surface area (Å²) in [5, 5.41) is 10.6. The Labute approximate surface area is 127 Å². The minimum atomic E-state index is -0.0863. The van der Waals surface area contributed by atoms with Crippen molar-refractivity contribution in [2.24, 2.45) is 0 Å². The zero-order chi connectivity index (χ0) is 15.0. The second kappa shape index (κ2) is 5.33. The highest BCUT2D eigenvalue weighted by atomic mass is 35.5. The molecular weight excluding hydrogens is 288 g/mol. The number of fused-ring (bicyclic) bond motifs is 1. The van der Waals surface area contributed by atoms with Crippen LogP contribution in [0.15, 0.2) is 30.6 Å². The Morgan fingerprint density at radius 1 is 1.19 bits per heavy atom. The van der Waals surface area contributed by atoms with Crippen molar-refractivity contribution < 1.29 is 5.11 Å². The maximum absolute atomic E-state index is 9.85. The summed E-state index contributed by atoms with van der Waals surface area (Å²) in [5.41, 5.74) is 1.52. The Kier molecular flexibility index (Phi) is 3.51. The lowest BCUT2D eigenvalue weighted by Crippen LogP contribution is -2.06. The second-order valence-corrected chi connectivity index (χ2v) is 5.67. The van der Waals surface area contributed by atoms with Crippen LogP contribution < -0.4 is 0 Å². The number of rotatable bonds is 3. The average molecular weight is 303 g/mol. The lowest BCUT2D eigenvalue weighted by atomic mass is 10.2. The van der Waals surface area contributed by atoms with Crippen LogP contribution in [0.4, 0.5) is 0 Å². The fraction of sp³-hybridized carbons (Fsp3) is 0.267. The van der Waals surface area contributed by atoms with E-state index in [2.05, 4.69) is 15.0 Å². The molecule has 108 valence electrons. The van der Waals surface area contributed by atoms with Gasteiger partial charge in [0.1, 0.15) is 12.2 Å². The fourth-order valence-corrected chi connectivity index (χ4v) is 2.23. The van der Waals surface area contributed by atoms with E-state index in [4.69, 9.17) is 11.6 Å². The fourth-order valence-electron chi connectivity index (χ4n) is 2.10. The molecule has 0 unspecified atom stereocenters. The summed E-state index contributed by atoms with van der Waals surface area (Å²) in [5.74, 6) is 1.46. The molecule has 5 nitrogen and oxygen atoms in total. The molecule has 1 aromatic carbocycles. The van der Waals surface area contributed by atoms with Crippen molar-refractivity contribution in [2.45, 2.75) is 26.3 Å². The van der Waals surface area contributed by atoms with Crippen LogP contribution in [-0.4, -0.2) is 24.6 Å². The minimum Gasteiger partial charge on any atom is -0.492 e. The summed E-state index contributed by atoms with van der Waals surface area (Å²) in [4.78, 5) is 12.9. The lowest BCUT2D eigenvalue weighted by Gasteiger charge is -2.10. The molecule has 0 amide bonds. The molecule has 2 heterocycles. The summed E-state index contributed by atoms with van der Waals surface area (Å²) in [6, 6.07) is 7.60. The van der Waals surface area contributed by atoms with Crippen LogP contribution in [0.1, 0.15) is 31.2 Å². The largest absolute Gasteiger partial charge is 0.492 e. The lowest BCUT2D eigenvalue weighted by molar-refractivity contribution is 0.448. The first-order valence-corrected chi connectivity index (χ1v) is 7.08. The number of aromatic nitrogens is 4. The Morgan fingerprint density at radius 3 is 2.57 bits per heavy atom. The van der Waals surface area contributed by atoms with Crippen molar-refractivity contribution in [2.75, 3.05) is 0 Å². The molecule has 0 radical (unpaired) electrons. The zero-order valence-corrected chi connectivity index (χ0v) is 12.5. The summed E-state index contributed by atoms with van der Waals surface area (Å²) in [7, 11) is 0. The van der Waals surface area contributed by atoms with Crippen LogP contribution in [0.25, 0.3) is 11.5 Å². The van der Waals surface area contributed by atoms with Crippen LogP contribution in [0.3, 0.4) is 0 Å². The number of hydrogen-bond acceptors (Lipinski definition) is 4. The van der Waals surface area contributed by atoms with E-state index in [1.165, 1.54) is 0 Å². The number of nitrogens with zero attached hydrogens (tertiary/aromatic N) is 4. The maximum Gasteiger partial charge on any atom is 0.242 e. The second-order valence-electron chi connectivity index (χ2n) is 5.23. The number of imidazole rings is 1. The predicted molar refractivity (Wildman–Crippen MR) is 80.7 cm³/mol. The molecule has 0 spiro atoms. The van der Waals surface area contributed by atoms with Crippen LogP contribution in [0, 0.1) is 0 Å². The quantitative estimate of drug-likeness (QED) is 0.806. The van der Waals surface area contributed by atoms with Gasteiger partial charge in [-0.05, 0) is 17.7 Å². The van der Waals surface area contributed by atoms with Crippen molar-refractivity contribution in [1.82, 2.24) is 19.5 Å². The minimum absolute atomic E-state index is 0.0863. The number of aromatic hydroxyl groups is 1. The Morgan fingerprint density at radius 2 is 1.90 bits per heavy atom. The first kappa shape index (κ1) is 13.8. The Balaban J connectivity index is 2.02. The Hall–Kier alpha value is -2.14. The van der Waals surface area contributed by atoms with Gasteiger partial charge < -0.3 is 9.67 Å². The molecule has 1 aromatic rings. The van der Waals surface area contributed by atoms with Crippen molar-refractivity contribution in [1.29, 1.82) is 0 Å². The normalized spacial score (nSPS) is 11.4. The molecule has 6 heteroatoms. The molecule has 0 fully saturated rings. The molecule has 3 rings (SSSR count). The topological polar surface area (TPSA) is 63.8 Å². The van der Waals surface area contributed by atoms with Gasteiger partial charge in [-0.2, -0.15) is 0 Å². The van der Waals surface area contributed by atoms with E-state index in [-0.39, 0.29) is 11.8 Å². The average Bonchev–Trinajstić information content (AvgIpc) is 2.91. The van der Waals surface area contributed by atoms with Crippen LogP contribution in [-0.2, 0) is 6.54 Å². The van der Waals surface area contributed by atoms with E-state index >= 15 is 0 Å². The van der Waals surface area contributed by atoms with E-state index in [0.29, 0.717) is 28.9 Å². The van der Waals surface area contributed by atoms with Gasteiger partial charge in [-0.1, -0.05) is 37.6 Å². The third-order valence-corrected chi connectivity index (χ3v) is 3.50. The third-order valence-electron chi connectivity index (χ3n) is 3.24. The summed E-state index contributed by atoms with van der Waals surface area (Å²) in [6.45, 7) is 4.63. The van der Waals surface area contributed by atoms with E-state index < -0.39 is 0 Å². The molecule has 0 aromatic heterocycles. The monoisotopic (exact) mass is 302 g/mol. The molecule has 21 heavy (non-hydrogen) atoms. The van der Waals surface area contributed by atoms with E-state index in [9.17, 15) is 5.11 Å². The molecule has 1 N–H and O–H groups in total. The van der Waals surface area contributed by atoms with Gasteiger partial charge in [0.25, 0.3) is 0 Å². The number of hydrogen-bond donors (Lipinski definition) is 1.